The standard InChI is InChI=1S/C12H13BrN2O2/c1-2-15-11(13)7-14-12(15)8-17-10-6-4-3-5-9(10)16/h3-7,16H,2,8H2,1H3. The van der Waals surface area contributed by atoms with Crippen LogP contribution in [0.15, 0.2) is 35.1 Å². The molecule has 2 rings (SSSR count). The van der Waals surface area contributed by atoms with Crippen molar-refractivity contribution in [2.75, 3.05) is 0 Å². The molecule has 5 heteroatoms. The number of phenolic OH excluding ortho intramolecular Hbond substituents is 1. The summed E-state index contributed by atoms with van der Waals surface area (Å²) in [7, 11) is 0. The molecule has 0 radical (unpaired) electrons. The molecule has 0 aliphatic heterocycles. The Kier molecular flexibility index (Phi) is 3.68. The second kappa shape index (κ2) is 5.23. The van der Waals surface area contributed by atoms with Crippen LogP contribution in [0.4, 0.5) is 0 Å². The monoisotopic (exact) mass is 296 g/mol. The number of imidazole rings is 1. The largest absolute Gasteiger partial charge is 0.504 e. The van der Waals surface area contributed by atoms with Gasteiger partial charge in [0.15, 0.2) is 11.5 Å². The molecule has 0 aliphatic carbocycles. The van der Waals surface area contributed by atoms with Crippen molar-refractivity contribution in [2.24, 2.45) is 0 Å². The second-order valence-corrected chi connectivity index (χ2v) is 4.31. The number of benzene rings is 1. The van der Waals surface area contributed by atoms with Crippen molar-refractivity contribution >= 4 is 15.9 Å². The van der Waals surface area contributed by atoms with Crippen molar-refractivity contribution in [1.82, 2.24) is 9.55 Å². The Bertz CT molecular complexity index is 511. The average Bonchev–Trinajstić information content (AvgIpc) is 2.69. The molecule has 0 aliphatic rings. The molecular formula is C12H13BrN2O2. The summed E-state index contributed by atoms with van der Waals surface area (Å²) >= 11 is 3.41. The van der Waals surface area contributed by atoms with Crippen LogP contribution >= 0.6 is 15.9 Å². The lowest BCUT2D eigenvalue weighted by atomic mass is 10.3. The van der Waals surface area contributed by atoms with E-state index >= 15 is 0 Å². The Labute approximate surface area is 108 Å². The quantitative estimate of drug-likeness (QED) is 0.944. The van der Waals surface area contributed by atoms with Gasteiger partial charge in [-0.25, -0.2) is 4.98 Å². The molecule has 1 aromatic carbocycles. The van der Waals surface area contributed by atoms with Gasteiger partial charge in [-0.3, -0.25) is 0 Å². The Balaban J connectivity index is 2.10. The fourth-order valence-electron chi connectivity index (χ4n) is 1.56. The minimum Gasteiger partial charge on any atom is -0.504 e. The molecule has 17 heavy (non-hydrogen) atoms. The van der Waals surface area contributed by atoms with Crippen LogP contribution in [0.2, 0.25) is 0 Å². The lowest BCUT2D eigenvalue weighted by Crippen LogP contribution is -2.06. The van der Waals surface area contributed by atoms with Gasteiger partial charge in [-0.1, -0.05) is 12.1 Å². The highest BCUT2D eigenvalue weighted by Gasteiger charge is 2.08. The molecule has 0 amide bonds. The first-order valence-electron chi connectivity index (χ1n) is 5.33. The van der Waals surface area contributed by atoms with E-state index in [4.69, 9.17) is 4.74 Å². The van der Waals surface area contributed by atoms with E-state index in [9.17, 15) is 5.11 Å². The molecule has 2 aromatic rings. The molecule has 0 spiro atoms. The maximum absolute atomic E-state index is 9.56. The number of aromatic nitrogens is 2. The van der Waals surface area contributed by atoms with Crippen LogP contribution in [0.25, 0.3) is 0 Å². The predicted molar refractivity (Wildman–Crippen MR) is 68.0 cm³/mol. The number of para-hydroxylation sites is 2. The van der Waals surface area contributed by atoms with E-state index in [-0.39, 0.29) is 5.75 Å². The van der Waals surface area contributed by atoms with Gasteiger partial charge in [-0.05, 0) is 35.0 Å². The van der Waals surface area contributed by atoms with Crippen molar-refractivity contribution in [3.05, 3.63) is 40.9 Å². The van der Waals surface area contributed by atoms with Crippen LogP contribution in [0, 0.1) is 0 Å². The maximum Gasteiger partial charge on any atom is 0.161 e. The summed E-state index contributed by atoms with van der Waals surface area (Å²) in [6.07, 6.45) is 1.74. The third-order valence-electron chi connectivity index (χ3n) is 2.43. The van der Waals surface area contributed by atoms with Crippen LogP contribution in [0.1, 0.15) is 12.7 Å². The van der Waals surface area contributed by atoms with Gasteiger partial charge >= 0.3 is 0 Å². The van der Waals surface area contributed by atoms with E-state index < -0.39 is 0 Å². The first kappa shape index (κ1) is 12.0. The van der Waals surface area contributed by atoms with Gasteiger partial charge < -0.3 is 14.4 Å². The molecule has 1 N–H and O–H groups in total. The van der Waals surface area contributed by atoms with Gasteiger partial charge in [0.1, 0.15) is 17.0 Å². The first-order valence-corrected chi connectivity index (χ1v) is 6.12. The van der Waals surface area contributed by atoms with Crippen molar-refractivity contribution < 1.29 is 9.84 Å². The topological polar surface area (TPSA) is 47.3 Å². The number of hydrogen-bond donors (Lipinski definition) is 1. The third-order valence-corrected chi connectivity index (χ3v) is 3.06. The number of nitrogens with zero attached hydrogens (tertiary/aromatic N) is 2. The van der Waals surface area contributed by atoms with Crippen molar-refractivity contribution in [2.45, 2.75) is 20.1 Å². The summed E-state index contributed by atoms with van der Waals surface area (Å²) in [4.78, 5) is 4.24. The number of hydrogen-bond acceptors (Lipinski definition) is 3. The molecule has 4 nitrogen and oxygen atoms in total. The lowest BCUT2D eigenvalue weighted by Gasteiger charge is -2.09. The Morgan fingerprint density at radius 1 is 1.41 bits per heavy atom. The zero-order chi connectivity index (χ0) is 12.3. The number of ether oxygens (including phenoxy) is 1. The SMILES string of the molecule is CCn1c(Br)cnc1COc1ccccc1O. The molecule has 0 saturated heterocycles. The average molecular weight is 297 g/mol. The zero-order valence-corrected chi connectivity index (χ0v) is 11.0. The van der Waals surface area contributed by atoms with Gasteiger partial charge in [-0.2, -0.15) is 0 Å². The van der Waals surface area contributed by atoms with Crippen LogP contribution in [0.5, 0.6) is 11.5 Å². The van der Waals surface area contributed by atoms with Crippen LogP contribution in [-0.2, 0) is 13.2 Å². The molecule has 0 saturated carbocycles. The van der Waals surface area contributed by atoms with E-state index in [2.05, 4.69) is 20.9 Å². The van der Waals surface area contributed by atoms with E-state index in [1.807, 2.05) is 17.6 Å². The highest BCUT2D eigenvalue weighted by Crippen LogP contribution is 2.25. The van der Waals surface area contributed by atoms with Crippen molar-refractivity contribution in [3.8, 4) is 11.5 Å². The van der Waals surface area contributed by atoms with Crippen LogP contribution in [-0.4, -0.2) is 14.7 Å². The molecule has 0 atom stereocenters. The predicted octanol–water partition coefficient (Wildman–Crippen LogP) is 2.95. The van der Waals surface area contributed by atoms with Crippen molar-refractivity contribution in [3.63, 3.8) is 0 Å². The van der Waals surface area contributed by atoms with Gasteiger partial charge in [0.2, 0.25) is 0 Å². The highest BCUT2D eigenvalue weighted by atomic mass is 79.9. The molecule has 0 bridgehead atoms. The van der Waals surface area contributed by atoms with E-state index in [0.717, 1.165) is 17.0 Å². The number of halogens is 1. The number of rotatable bonds is 4. The van der Waals surface area contributed by atoms with Crippen LogP contribution in [0.3, 0.4) is 0 Å². The zero-order valence-electron chi connectivity index (χ0n) is 9.43. The summed E-state index contributed by atoms with van der Waals surface area (Å²) in [5.41, 5.74) is 0. The Morgan fingerprint density at radius 2 is 2.18 bits per heavy atom. The summed E-state index contributed by atoms with van der Waals surface area (Å²) < 4.78 is 8.45. The Hall–Kier alpha value is -1.49. The molecular weight excluding hydrogens is 284 g/mol. The summed E-state index contributed by atoms with van der Waals surface area (Å²) in [6.45, 7) is 3.19. The minimum atomic E-state index is 0.140. The summed E-state index contributed by atoms with van der Waals surface area (Å²) in [5, 5.41) is 9.56. The molecule has 90 valence electrons. The normalized spacial score (nSPS) is 10.5. The van der Waals surface area contributed by atoms with Crippen LogP contribution < -0.4 is 4.74 Å². The maximum atomic E-state index is 9.56. The minimum absolute atomic E-state index is 0.140. The van der Waals surface area contributed by atoms with Crippen molar-refractivity contribution in [1.29, 1.82) is 0 Å². The third kappa shape index (κ3) is 2.61. The van der Waals surface area contributed by atoms with Gasteiger partial charge in [0.25, 0.3) is 0 Å². The van der Waals surface area contributed by atoms with E-state index in [1.165, 1.54) is 0 Å². The molecule has 0 fully saturated rings. The van der Waals surface area contributed by atoms with Gasteiger partial charge in [-0.15, -0.1) is 0 Å². The van der Waals surface area contributed by atoms with E-state index in [1.54, 1.807) is 24.4 Å². The fraction of sp³-hybridized carbons (Fsp3) is 0.250. The molecule has 0 unspecified atom stereocenters. The molecule has 1 aromatic heterocycles. The highest BCUT2D eigenvalue weighted by molar-refractivity contribution is 9.10. The summed E-state index contributed by atoms with van der Waals surface area (Å²) in [5.74, 6) is 1.43. The van der Waals surface area contributed by atoms with E-state index in [0.29, 0.717) is 12.4 Å². The fourth-order valence-corrected chi connectivity index (χ4v) is 2.12. The summed E-state index contributed by atoms with van der Waals surface area (Å²) in [6, 6.07) is 6.89. The van der Waals surface area contributed by atoms with Gasteiger partial charge in [0, 0.05) is 6.54 Å². The smallest absolute Gasteiger partial charge is 0.161 e. The first-order chi connectivity index (χ1) is 8.22. The number of aromatic hydroxyl groups is 1. The number of phenols is 1. The lowest BCUT2D eigenvalue weighted by molar-refractivity contribution is 0.275. The second-order valence-electron chi connectivity index (χ2n) is 3.50. The Morgan fingerprint density at radius 3 is 2.88 bits per heavy atom. The molecule has 1 heterocycles. The van der Waals surface area contributed by atoms with Gasteiger partial charge in [0.05, 0.1) is 6.20 Å².